The Morgan fingerprint density at radius 2 is 2.22 bits per heavy atom. The molecule has 4 atom stereocenters. The lowest BCUT2D eigenvalue weighted by Gasteiger charge is -2.21. The molecule has 0 bridgehead atoms. The predicted molar refractivity (Wildman–Crippen MR) is 67.1 cm³/mol. The molecular weight excluding hydrogens is 257 g/mol. The van der Waals surface area contributed by atoms with E-state index in [1.165, 1.54) is 7.11 Å². The number of ether oxygens (including phenoxy) is 2. The number of nitrogens with zero attached hydrogens (tertiary/aromatic N) is 1. The van der Waals surface area contributed by atoms with Crippen LogP contribution in [0.5, 0.6) is 0 Å². The first-order chi connectivity index (χ1) is 8.71. The topological polar surface area (TPSA) is 50.5 Å². The van der Waals surface area contributed by atoms with Crippen molar-refractivity contribution in [3.8, 4) is 0 Å². The van der Waals surface area contributed by atoms with Crippen LogP contribution in [0.4, 0.5) is 0 Å². The van der Waals surface area contributed by atoms with Gasteiger partial charge in [-0.1, -0.05) is 0 Å². The average Bonchev–Trinajstić information content (AvgIpc) is 2.69. The monoisotopic (exact) mass is 277 g/mol. The molecule has 1 rings (SSSR count). The fourth-order valence-electron chi connectivity index (χ4n) is 1.74. The van der Waals surface area contributed by atoms with Gasteiger partial charge in [0.1, 0.15) is 12.7 Å². The maximum absolute atomic E-state index is 6.68. The molecule has 1 aliphatic heterocycles. The third-order valence-corrected chi connectivity index (χ3v) is 3.62. The van der Waals surface area contributed by atoms with Gasteiger partial charge in [-0.05, 0) is 6.92 Å². The third-order valence-electron chi connectivity index (χ3n) is 2.49. The largest absolute Gasteiger partial charge is 0.382 e. The van der Waals surface area contributed by atoms with Gasteiger partial charge >= 0.3 is 8.60 Å². The number of rotatable bonds is 8. The summed E-state index contributed by atoms with van der Waals surface area (Å²) in [5.41, 5.74) is 0. The van der Waals surface area contributed by atoms with Gasteiger partial charge in [0.25, 0.3) is 0 Å². The van der Waals surface area contributed by atoms with Gasteiger partial charge in [0.2, 0.25) is 6.54 Å². The Hall–Kier alpha value is -0.280. The molecule has 1 saturated heterocycles. The summed E-state index contributed by atoms with van der Waals surface area (Å²) in [4.78, 5) is 3.21. The quantitative estimate of drug-likeness (QED) is 0.386. The van der Waals surface area contributed by atoms with E-state index in [1.54, 1.807) is 7.11 Å². The van der Waals surface area contributed by atoms with Crippen LogP contribution in [0.2, 0.25) is 0 Å². The van der Waals surface area contributed by atoms with E-state index in [9.17, 15) is 0 Å². The van der Waals surface area contributed by atoms with Crippen LogP contribution in [0.25, 0.3) is 4.85 Å². The predicted octanol–water partition coefficient (Wildman–Crippen LogP) is 2.00. The second-order valence-corrected chi connectivity index (χ2v) is 5.22. The highest BCUT2D eigenvalue weighted by atomic mass is 31.2. The highest BCUT2D eigenvalue weighted by Gasteiger charge is 2.36. The summed E-state index contributed by atoms with van der Waals surface area (Å²) in [6, 6.07) is 0. The first-order valence-electron chi connectivity index (χ1n) is 5.82. The minimum Gasteiger partial charge on any atom is -0.382 e. The van der Waals surface area contributed by atoms with Gasteiger partial charge in [-0.2, -0.15) is 0 Å². The van der Waals surface area contributed by atoms with E-state index in [0.717, 1.165) is 6.42 Å². The SMILES string of the molecule is [C-]#[N+]CCOP(OC)OC1CC(C)OC1COC. The van der Waals surface area contributed by atoms with Gasteiger partial charge in [-0.25, -0.2) is 6.57 Å². The van der Waals surface area contributed by atoms with Crippen LogP contribution in [0.15, 0.2) is 0 Å². The van der Waals surface area contributed by atoms with Crippen molar-refractivity contribution in [2.75, 3.05) is 34.0 Å². The molecule has 1 heterocycles. The van der Waals surface area contributed by atoms with E-state index >= 15 is 0 Å². The highest BCUT2D eigenvalue weighted by Crippen LogP contribution is 2.43. The van der Waals surface area contributed by atoms with Crippen molar-refractivity contribution in [3.63, 3.8) is 0 Å². The van der Waals surface area contributed by atoms with Crippen LogP contribution in [0, 0.1) is 6.57 Å². The summed E-state index contributed by atoms with van der Waals surface area (Å²) < 4.78 is 27.0. The van der Waals surface area contributed by atoms with Crippen molar-refractivity contribution in [1.29, 1.82) is 0 Å². The number of hydrogen-bond donors (Lipinski definition) is 0. The van der Waals surface area contributed by atoms with Gasteiger partial charge < -0.3 is 27.9 Å². The second-order valence-electron chi connectivity index (χ2n) is 3.94. The molecule has 0 aromatic rings. The molecule has 0 aromatic heterocycles. The molecule has 0 radical (unpaired) electrons. The normalized spacial score (nSPS) is 29.1. The van der Waals surface area contributed by atoms with Crippen LogP contribution in [-0.2, 0) is 23.0 Å². The minimum absolute atomic E-state index is 0.0843. The first kappa shape index (κ1) is 15.8. The lowest BCUT2D eigenvalue weighted by atomic mass is 10.1. The maximum atomic E-state index is 6.68. The molecule has 0 N–H and O–H groups in total. The fraction of sp³-hybridized carbons (Fsp3) is 0.909. The summed E-state index contributed by atoms with van der Waals surface area (Å²) in [7, 11) is 1.75. The van der Waals surface area contributed by atoms with Crippen LogP contribution < -0.4 is 0 Å². The fourth-order valence-corrected chi connectivity index (χ4v) is 2.67. The Kier molecular flexibility index (Phi) is 7.68. The van der Waals surface area contributed by atoms with Gasteiger partial charge in [0.15, 0.2) is 0 Å². The molecule has 0 aliphatic carbocycles. The smallest absolute Gasteiger partial charge is 0.333 e. The van der Waals surface area contributed by atoms with Crippen LogP contribution in [0.3, 0.4) is 0 Å². The lowest BCUT2D eigenvalue weighted by Crippen LogP contribution is -2.27. The minimum atomic E-state index is -1.42. The van der Waals surface area contributed by atoms with Crippen LogP contribution >= 0.6 is 8.60 Å². The summed E-state index contributed by atoms with van der Waals surface area (Å²) in [5, 5.41) is 0. The summed E-state index contributed by atoms with van der Waals surface area (Å²) in [5.74, 6) is 0. The molecule has 0 amide bonds. The van der Waals surface area contributed by atoms with E-state index < -0.39 is 8.60 Å². The molecule has 0 saturated carbocycles. The van der Waals surface area contributed by atoms with Crippen molar-refractivity contribution in [3.05, 3.63) is 11.4 Å². The highest BCUT2D eigenvalue weighted by molar-refractivity contribution is 7.41. The zero-order chi connectivity index (χ0) is 13.4. The van der Waals surface area contributed by atoms with Crippen molar-refractivity contribution >= 4 is 8.60 Å². The van der Waals surface area contributed by atoms with Crippen molar-refractivity contribution in [2.24, 2.45) is 0 Å². The van der Waals surface area contributed by atoms with Gasteiger partial charge in [0.05, 0.1) is 18.8 Å². The Balaban J connectivity index is 2.39. The standard InChI is InChI=1S/C11H20NO5P/c1-9-7-10(11(16-9)8-13-3)17-18(14-4)15-6-5-12-2/h9-11H,5-8H2,1,3-4H3. The molecule has 6 nitrogen and oxygen atoms in total. The summed E-state index contributed by atoms with van der Waals surface area (Å²) in [6.45, 7) is 9.80. The zero-order valence-electron chi connectivity index (χ0n) is 11.0. The molecule has 1 fully saturated rings. The molecule has 1 aliphatic rings. The Labute approximate surface area is 109 Å². The van der Waals surface area contributed by atoms with Crippen LogP contribution in [0.1, 0.15) is 13.3 Å². The molecule has 104 valence electrons. The van der Waals surface area contributed by atoms with E-state index in [-0.39, 0.29) is 18.3 Å². The van der Waals surface area contributed by atoms with Crippen molar-refractivity contribution in [1.82, 2.24) is 0 Å². The van der Waals surface area contributed by atoms with Gasteiger partial charge in [0, 0.05) is 20.6 Å². The molecule has 7 heteroatoms. The molecule has 0 aromatic carbocycles. The Morgan fingerprint density at radius 3 is 2.83 bits per heavy atom. The van der Waals surface area contributed by atoms with Gasteiger partial charge in [-0.15, -0.1) is 0 Å². The first-order valence-corrected chi connectivity index (χ1v) is 6.92. The van der Waals surface area contributed by atoms with E-state index in [0.29, 0.717) is 19.8 Å². The number of hydrogen-bond acceptors (Lipinski definition) is 5. The second kappa shape index (κ2) is 8.76. The third kappa shape index (κ3) is 5.15. The van der Waals surface area contributed by atoms with Crippen LogP contribution in [-0.4, -0.2) is 52.3 Å². The molecule has 0 spiro atoms. The molecule has 4 unspecified atom stereocenters. The van der Waals surface area contributed by atoms with E-state index in [1.807, 2.05) is 6.92 Å². The number of methoxy groups -OCH3 is 1. The molecule has 18 heavy (non-hydrogen) atoms. The lowest BCUT2D eigenvalue weighted by molar-refractivity contribution is -0.0268. The Bertz CT molecular complexity index is 273. The Morgan fingerprint density at radius 1 is 1.44 bits per heavy atom. The van der Waals surface area contributed by atoms with Crippen molar-refractivity contribution < 1.29 is 23.0 Å². The van der Waals surface area contributed by atoms with Gasteiger partial charge in [-0.3, -0.25) is 0 Å². The zero-order valence-corrected chi connectivity index (χ0v) is 11.9. The maximum Gasteiger partial charge on any atom is 0.333 e. The van der Waals surface area contributed by atoms with E-state index in [4.69, 9.17) is 29.6 Å². The summed E-state index contributed by atoms with van der Waals surface area (Å²) >= 11 is 0. The van der Waals surface area contributed by atoms with Crippen molar-refractivity contribution in [2.45, 2.75) is 31.7 Å². The average molecular weight is 277 g/mol. The summed E-state index contributed by atoms with van der Waals surface area (Å²) in [6.07, 6.45) is 0.767. The van der Waals surface area contributed by atoms with E-state index in [2.05, 4.69) is 4.85 Å². The molecular formula is C11H20NO5P.